The quantitative estimate of drug-likeness (QED) is 0.458. The van der Waals surface area contributed by atoms with Gasteiger partial charge in [0.15, 0.2) is 5.13 Å². The van der Waals surface area contributed by atoms with Crippen LogP contribution in [0.15, 0.2) is 41.8 Å². The highest BCUT2D eigenvalue weighted by Gasteiger charge is 2.36. The molecule has 9 heteroatoms. The van der Waals surface area contributed by atoms with Crippen molar-refractivity contribution >= 4 is 51.2 Å². The van der Waals surface area contributed by atoms with Gasteiger partial charge in [-0.25, -0.2) is 4.98 Å². The van der Waals surface area contributed by atoms with E-state index in [-0.39, 0.29) is 24.1 Å². The molecule has 0 bridgehead atoms. The molecule has 7 nitrogen and oxygen atoms in total. The smallest absolute Gasteiger partial charge is 0.231 e. The van der Waals surface area contributed by atoms with E-state index < -0.39 is 5.92 Å². The molecule has 2 N–H and O–H groups in total. The number of carbonyl (C=O) groups is 3. The van der Waals surface area contributed by atoms with E-state index in [0.717, 1.165) is 33.1 Å². The summed E-state index contributed by atoms with van der Waals surface area (Å²) in [6.07, 6.45) is 1.17. The molecule has 1 aromatic carbocycles. The summed E-state index contributed by atoms with van der Waals surface area (Å²) in [6.45, 7) is 6.63. The number of anilines is 2. The van der Waals surface area contributed by atoms with Crippen molar-refractivity contribution in [1.29, 1.82) is 0 Å². The molecule has 0 spiro atoms. The van der Waals surface area contributed by atoms with Gasteiger partial charge in [0.2, 0.25) is 17.7 Å². The monoisotopic (exact) mass is 496 g/mol. The lowest BCUT2D eigenvalue weighted by Gasteiger charge is -2.23. The molecular weight excluding hydrogens is 468 g/mol. The van der Waals surface area contributed by atoms with Crippen molar-refractivity contribution in [2.24, 2.45) is 5.92 Å². The molecular formula is C25H28N4O3S2. The first kappa shape index (κ1) is 24.1. The van der Waals surface area contributed by atoms with E-state index in [1.54, 1.807) is 16.2 Å². The summed E-state index contributed by atoms with van der Waals surface area (Å²) in [5.41, 5.74) is 2.82. The molecule has 1 saturated heterocycles. The number of nitrogens with one attached hydrogen (secondary N) is 2. The number of hydrogen-bond donors (Lipinski definition) is 2. The van der Waals surface area contributed by atoms with E-state index in [1.807, 2.05) is 35.7 Å². The molecule has 1 fully saturated rings. The Kier molecular flexibility index (Phi) is 7.43. The fraction of sp³-hybridized carbons (Fsp3) is 0.360. The zero-order valence-corrected chi connectivity index (χ0v) is 21.1. The normalized spacial score (nSPS) is 16.5. The van der Waals surface area contributed by atoms with Crippen molar-refractivity contribution in [3.63, 3.8) is 0 Å². The second kappa shape index (κ2) is 10.5. The Morgan fingerprint density at radius 3 is 2.79 bits per heavy atom. The molecule has 3 aromatic rings. The number of thiazole rings is 1. The Balaban J connectivity index is 1.41. The van der Waals surface area contributed by atoms with Crippen molar-refractivity contribution in [2.75, 3.05) is 16.8 Å². The van der Waals surface area contributed by atoms with Gasteiger partial charge in [0, 0.05) is 35.8 Å². The highest BCUT2D eigenvalue weighted by molar-refractivity contribution is 7.17. The van der Waals surface area contributed by atoms with Gasteiger partial charge in [0.05, 0.1) is 23.0 Å². The van der Waals surface area contributed by atoms with Gasteiger partial charge in [0.1, 0.15) is 0 Å². The van der Waals surface area contributed by atoms with E-state index in [0.29, 0.717) is 24.1 Å². The number of aromatic nitrogens is 1. The zero-order valence-electron chi connectivity index (χ0n) is 19.5. The summed E-state index contributed by atoms with van der Waals surface area (Å²) in [4.78, 5) is 45.2. The van der Waals surface area contributed by atoms with Crippen LogP contribution in [0.2, 0.25) is 0 Å². The maximum Gasteiger partial charge on any atom is 0.231 e. The molecule has 0 aliphatic carbocycles. The van der Waals surface area contributed by atoms with Crippen LogP contribution in [0.3, 0.4) is 0 Å². The summed E-state index contributed by atoms with van der Waals surface area (Å²) in [6, 6.07) is 11.9. The predicted octanol–water partition coefficient (Wildman–Crippen LogP) is 5.01. The van der Waals surface area contributed by atoms with Gasteiger partial charge >= 0.3 is 0 Å². The number of rotatable bonds is 8. The summed E-state index contributed by atoms with van der Waals surface area (Å²) in [7, 11) is 0. The van der Waals surface area contributed by atoms with Gasteiger partial charge in [-0.2, -0.15) is 0 Å². The number of hydrogen-bond acceptors (Lipinski definition) is 6. The first-order valence-electron chi connectivity index (χ1n) is 11.3. The number of para-hydroxylation sites is 1. The van der Waals surface area contributed by atoms with Crippen molar-refractivity contribution in [3.05, 3.63) is 52.2 Å². The van der Waals surface area contributed by atoms with Crippen molar-refractivity contribution in [2.45, 2.75) is 46.1 Å². The van der Waals surface area contributed by atoms with Crippen LogP contribution in [0, 0.1) is 5.92 Å². The minimum atomic E-state index is -0.421. The van der Waals surface area contributed by atoms with Crippen LogP contribution >= 0.6 is 22.7 Å². The lowest BCUT2D eigenvalue weighted by Crippen LogP contribution is -2.29. The third-order valence-corrected chi connectivity index (χ3v) is 7.89. The Hall–Kier alpha value is -3.04. The minimum Gasteiger partial charge on any atom is -0.351 e. The van der Waals surface area contributed by atoms with Gasteiger partial charge in [-0.15, -0.1) is 22.7 Å². The van der Waals surface area contributed by atoms with Gasteiger partial charge < -0.3 is 15.5 Å². The second-order valence-electron chi connectivity index (χ2n) is 8.48. The van der Waals surface area contributed by atoms with Crippen molar-refractivity contribution < 1.29 is 14.4 Å². The maximum atomic E-state index is 13.0. The van der Waals surface area contributed by atoms with Crippen LogP contribution in [0.1, 0.15) is 50.0 Å². The number of nitrogens with zero attached hydrogens (tertiary/aromatic N) is 2. The summed E-state index contributed by atoms with van der Waals surface area (Å²) < 4.78 is 0. The second-order valence-corrected chi connectivity index (χ2v) is 10.5. The maximum absolute atomic E-state index is 13.0. The van der Waals surface area contributed by atoms with E-state index in [1.165, 1.54) is 18.3 Å². The number of amides is 3. The lowest BCUT2D eigenvalue weighted by molar-refractivity contribution is -0.122. The molecule has 1 aliphatic rings. The van der Waals surface area contributed by atoms with Gasteiger partial charge in [-0.05, 0) is 36.1 Å². The van der Waals surface area contributed by atoms with Crippen LogP contribution in [-0.4, -0.2) is 29.3 Å². The third kappa shape index (κ3) is 5.37. The van der Waals surface area contributed by atoms with Crippen molar-refractivity contribution in [3.8, 4) is 10.6 Å². The Morgan fingerprint density at radius 1 is 1.24 bits per heavy atom. The van der Waals surface area contributed by atoms with Crippen LogP contribution in [-0.2, 0) is 20.9 Å². The van der Waals surface area contributed by atoms with Crippen LogP contribution in [0.5, 0.6) is 0 Å². The average Bonchev–Trinajstić information content (AvgIpc) is 3.57. The zero-order chi connectivity index (χ0) is 24.2. The predicted molar refractivity (Wildman–Crippen MR) is 137 cm³/mol. The largest absolute Gasteiger partial charge is 0.351 e. The highest BCUT2D eigenvalue weighted by Crippen LogP contribution is 2.34. The molecule has 3 heterocycles. The van der Waals surface area contributed by atoms with Crippen LogP contribution in [0.4, 0.5) is 10.8 Å². The molecule has 2 aromatic heterocycles. The van der Waals surface area contributed by atoms with Gasteiger partial charge in [-0.3, -0.25) is 14.4 Å². The van der Waals surface area contributed by atoms with E-state index in [9.17, 15) is 14.4 Å². The first-order valence-corrected chi connectivity index (χ1v) is 13.0. The SMILES string of the molecule is CC[C@@H](C)c1ccccc1N1C[C@@H](C(=O)Nc2nc(-c3ccc(CNC(C)=O)s3)cs2)CC1=O. The lowest BCUT2D eigenvalue weighted by atomic mass is 9.96. The molecule has 178 valence electrons. The fourth-order valence-electron chi connectivity index (χ4n) is 3.96. The molecule has 0 saturated carbocycles. The fourth-order valence-corrected chi connectivity index (χ4v) is 5.66. The highest BCUT2D eigenvalue weighted by atomic mass is 32.1. The molecule has 3 amide bonds. The van der Waals surface area contributed by atoms with Gasteiger partial charge in [0.25, 0.3) is 0 Å². The topological polar surface area (TPSA) is 91.4 Å². The van der Waals surface area contributed by atoms with E-state index in [2.05, 4.69) is 35.5 Å². The number of thiophene rings is 1. The number of benzene rings is 1. The van der Waals surface area contributed by atoms with Crippen LogP contribution < -0.4 is 15.5 Å². The number of carbonyl (C=O) groups excluding carboxylic acids is 3. The third-order valence-electron chi connectivity index (χ3n) is 6.03. The van der Waals surface area contributed by atoms with Crippen LogP contribution in [0.25, 0.3) is 10.6 Å². The summed E-state index contributed by atoms with van der Waals surface area (Å²) in [5, 5.41) is 8.10. The minimum absolute atomic E-state index is 0.0268. The Labute approximate surface area is 207 Å². The van der Waals surface area contributed by atoms with Gasteiger partial charge in [-0.1, -0.05) is 32.0 Å². The molecule has 4 rings (SSSR count). The Morgan fingerprint density at radius 2 is 2.03 bits per heavy atom. The Bertz CT molecular complexity index is 1200. The molecule has 34 heavy (non-hydrogen) atoms. The van der Waals surface area contributed by atoms with E-state index >= 15 is 0 Å². The summed E-state index contributed by atoms with van der Waals surface area (Å²) in [5.74, 6) is -0.366. The molecule has 0 radical (unpaired) electrons. The molecule has 2 atom stereocenters. The van der Waals surface area contributed by atoms with E-state index in [4.69, 9.17) is 0 Å². The first-order chi connectivity index (χ1) is 16.4. The molecule has 1 aliphatic heterocycles. The average molecular weight is 497 g/mol. The standard InChI is InChI=1S/C25H28N4O3S2/c1-4-15(2)19-7-5-6-8-21(19)29-13-17(11-23(29)31)24(32)28-25-27-20(14-33-25)22-10-9-18(34-22)12-26-16(3)30/h5-10,14-15,17H,4,11-13H2,1-3H3,(H,26,30)(H,27,28,32)/t15-,17+/m1/s1. The molecule has 0 unspecified atom stereocenters. The summed E-state index contributed by atoms with van der Waals surface area (Å²) >= 11 is 2.92. The van der Waals surface area contributed by atoms with Crippen molar-refractivity contribution in [1.82, 2.24) is 10.3 Å².